The normalized spacial score (nSPS) is 12.3. The molecule has 0 atom stereocenters. The second kappa shape index (κ2) is 4.76. The van der Waals surface area contributed by atoms with Gasteiger partial charge in [0, 0.05) is 12.3 Å². The largest absolute Gasteiger partial charge is 0.397 e. The zero-order valence-electron chi connectivity index (χ0n) is 10.6. The third-order valence-electron chi connectivity index (χ3n) is 2.80. The van der Waals surface area contributed by atoms with E-state index in [1.807, 2.05) is 0 Å². The van der Waals surface area contributed by atoms with Crippen LogP contribution in [0, 0.1) is 11.6 Å². The van der Waals surface area contributed by atoms with Crippen LogP contribution in [0.15, 0.2) is 12.1 Å². The van der Waals surface area contributed by atoms with Gasteiger partial charge in [-0.1, -0.05) is 0 Å². The minimum atomic E-state index is -3.70. The van der Waals surface area contributed by atoms with Crippen LogP contribution >= 0.6 is 0 Å². The maximum absolute atomic E-state index is 13.5. The van der Waals surface area contributed by atoms with Gasteiger partial charge in [-0.2, -0.15) is 0 Å². The Hall–Kier alpha value is -1.70. The lowest BCUT2D eigenvalue weighted by molar-refractivity contribution is -0.117. The molecule has 0 spiro atoms. The van der Waals surface area contributed by atoms with Crippen molar-refractivity contribution in [3.8, 4) is 0 Å². The number of carbonyl (C=O) groups excluding carboxylic acids is 1. The molecule has 1 aromatic carbocycles. The third-order valence-corrected chi connectivity index (χ3v) is 4.84. The van der Waals surface area contributed by atoms with Crippen LogP contribution in [0.1, 0.15) is 13.8 Å². The van der Waals surface area contributed by atoms with Crippen LogP contribution < -0.4 is 11.1 Å². The van der Waals surface area contributed by atoms with Crippen molar-refractivity contribution in [3.63, 3.8) is 0 Å². The van der Waals surface area contributed by atoms with Crippen molar-refractivity contribution in [2.24, 2.45) is 0 Å². The Labute approximate surface area is 109 Å². The molecule has 0 aliphatic carbocycles. The Balaban J connectivity index is 3.15. The van der Waals surface area contributed by atoms with Crippen LogP contribution in [0.3, 0.4) is 0 Å². The van der Waals surface area contributed by atoms with Crippen LogP contribution in [0.25, 0.3) is 0 Å². The van der Waals surface area contributed by atoms with Crippen LogP contribution in [-0.4, -0.2) is 25.3 Å². The SMILES string of the molecule is CC(C)(C(=O)Nc1c(N)cc(F)cc1F)S(C)(=O)=O. The molecular formula is C11H14F2N2O3S. The minimum absolute atomic E-state index is 0.324. The molecular weight excluding hydrogens is 278 g/mol. The predicted molar refractivity (Wildman–Crippen MR) is 68.3 cm³/mol. The first-order chi connectivity index (χ1) is 8.46. The molecule has 0 saturated heterocycles. The van der Waals surface area contributed by atoms with E-state index in [4.69, 9.17) is 5.73 Å². The second-order valence-corrected chi connectivity index (χ2v) is 7.15. The van der Waals surface area contributed by atoms with Crippen molar-refractivity contribution >= 4 is 27.1 Å². The monoisotopic (exact) mass is 292 g/mol. The molecule has 0 bridgehead atoms. The standard InChI is InChI=1S/C11H14F2N2O3S/c1-11(2,19(3,17)18)10(16)15-9-7(13)4-6(12)5-8(9)14/h4-5H,14H2,1-3H3,(H,15,16). The summed E-state index contributed by atoms with van der Waals surface area (Å²) in [6, 6.07) is 1.37. The van der Waals surface area contributed by atoms with Crippen molar-refractivity contribution in [1.29, 1.82) is 0 Å². The van der Waals surface area contributed by atoms with E-state index in [0.29, 0.717) is 6.07 Å². The molecule has 1 aromatic rings. The maximum Gasteiger partial charge on any atom is 0.245 e. The molecule has 0 heterocycles. The number of hydrogen-bond acceptors (Lipinski definition) is 4. The van der Waals surface area contributed by atoms with Gasteiger partial charge < -0.3 is 11.1 Å². The zero-order chi connectivity index (χ0) is 15.0. The van der Waals surface area contributed by atoms with Crippen molar-refractivity contribution < 1.29 is 22.0 Å². The zero-order valence-corrected chi connectivity index (χ0v) is 11.4. The first kappa shape index (κ1) is 15.4. The average molecular weight is 292 g/mol. The summed E-state index contributed by atoms with van der Waals surface area (Å²) in [5.74, 6) is -2.92. The number of amides is 1. The fourth-order valence-corrected chi connectivity index (χ4v) is 1.55. The molecule has 0 unspecified atom stereocenters. The molecule has 0 fully saturated rings. The highest BCUT2D eigenvalue weighted by molar-refractivity contribution is 7.92. The van der Waals surface area contributed by atoms with Gasteiger partial charge in [0.25, 0.3) is 0 Å². The van der Waals surface area contributed by atoms with Gasteiger partial charge in [0.2, 0.25) is 5.91 Å². The van der Waals surface area contributed by atoms with Gasteiger partial charge in [-0.25, -0.2) is 17.2 Å². The molecule has 8 heteroatoms. The maximum atomic E-state index is 13.5. The quantitative estimate of drug-likeness (QED) is 0.822. The van der Waals surface area contributed by atoms with Gasteiger partial charge >= 0.3 is 0 Å². The van der Waals surface area contributed by atoms with E-state index in [2.05, 4.69) is 5.32 Å². The predicted octanol–water partition coefficient (Wildman–Crippen LogP) is 1.31. The second-order valence-electron chi connectivity index (χ2n) is 4.59. The number of sulfone groups is 1. The van der Waals surface area contributed by atoms with E-state index in [1.165, 1.54) is 13.8 Å². The van der Waals surface area contributed by atoms with E-state index in [9.17, 15) is 22.0 Å². The highest BCUT2D eigenvalue weighted by atomic mass is 32.2. The molecule has 19 heavy (non-hydrogen) atoms. The van der Waals surface area contributed by atoms with Crippen LogP contribution in [0.2, 0.25) is 0 Å². The molecule has 0 saturated carbocycles. The Bertz CT molecular complexity index is 604. The summed E-state index contributed by atoms with van der Waals surface area (Å²) in [6.45, 7) is 2.35. The highest BCUT2D eigenvalue weighted by Gasteiger charge is 2.39. The van der Waals surface area contributed by atoms with Gasteiger partial charge in [0.05, 0.1) is 5.69 Å². The molecule has 1 rings (SSSR count). The van der Waals surface area contributed by atoms with Gasteiger partial charge in [-0.15, -0.1) is 0 Å². The topological polar surface area (TPSA) is 89.3 Å². The van der Waals surface area contributed by atoms with Gasteiger partial charge in [0.15, 0.2) is 15.7 Å². The summed E-state index contributed by atoms with van der Waals surface area (Å²) in [7, 11) is -3.70. The fraction of sp³-hybridized carbons (Fsp3) is 0.364. The number of nitrogens with two attached hydrogens (primary N) is 1. The van der Waals surface area contributed by atoms with Crippen molar-refractivity contribution in [1.82, 2.24) is 0 Å². The Morgan fingerprint density at radius 2 is 1.84 bits per heavy atom. The lowest BCUT2D eigenvalue weighted by atomic mass is 10.1. The summed E-state index contributed by atoms with van der Waals surface area (Å²) in [5, 5.41) is 2.07. The van der Waals surface area contributed by atoms with Crippen molar-refractivity contribution in [3.05, 3.63) is 23.8 Å². The Morgan fingerprint density at radius 3 is 2.26 bits per heavy atom. The molecule has 3 N–H and O–H groups in total. The summed E-state index contributed by atoms with van der Waals surface area (Å²) >= 11 is 0. The number of nitrogen functional groups attached to an aromatic ring is 1. The molecule has 0 radical (unpaired) electrons. The number of halogens is 2. The summed E-state index contributed by atoms with van der Waals surface area (Å²) < 4.78 is 47.5. The smallest absolute Gasteiger partial charge is 0.245 e. The number of carbonyl (C=O) groups is 1. The molecule has 0 aromatic heterocycles. The van der Waals surface area contributed by atoms with Gasteiger partial charge in [-0.3, -0.25) is 4.79 Å². The average Bonchev–Trinajstić information content (AvgIpc) is 2.21. The van der Waals surface area contributed by atoms with E-state index in [1.54, 1.807) is 0 Å². The van der Waals surface area contributed by atoms with E-state index in [0.717, 1.165) is 12.3 Å². The Kier molecular flexibility index (Phi) is 3.85. The number of anilines is 2. The van der Waals surface area contributed by atoms with E-state index >= 15 is 0 Å². The molecule has 1 amide bonds. The fourth-order valence-electron chi connectivity index (χ4n) is 1.16. The van der Waals surface area contributed by atoms with Crippen molar-refractivity contribution in [2.45, 2.75) is 18.6 Å². The van der Waals surface area contributed by atoms with E-state index < -0.39 is 37.8 Å². The van der Waals surface area contributed by atoms with Gasteiger partial charge in [-0.05, 0) is 19.9 Å². The van der Waals surface area contributed by atoms with E-state index in [-0.39, 0.29) is 5.69 Å². The van der Waals surface area contributed by atoms with Crippen LogP contribution in [-0.2, 0) is 14.6 Å². The third kappa shape index (κ3) is 3.01. The summed E-state index contributed by atoms with van der Waals surface area (Å²) in [4.78, 5) is 11.9. The number of hydrogen-bond donors (Lipinski definition) is 2. The number of nitrogens with one attached hydrogen (secondary N) is 1. The van der Waals surface area contributed by atoms with Crippen molar-refractivity contribution in [2.75, 3.05) is 17.3 Å². The molecule has 5 nitrogen and oxygen atoms in total. The first-order valence-electron chi connectivity index (χ1n) is 5.22. The molecule has 0 aliphatic rings. The molecule has 0 aliphatic heterocycles. The number of rotatable bonds is 3. The van der Waals surface area contributed by atoms with Gasteiger partial charge in [0.1, 0.15) is 16.3 Å². The molecule has 106 valence electrons. The first-order valence-corrected chi connectivity index (χ1v) is 7.11. The van der Waals surface area contributed by atoms with Crippen LogP contribution in [0.4, 0.5) is 20.2 Å². The van der Waals surface area contributed by atoms with Crippen LogP contribution in [0.5, 0.6) is 0 Å². The Morgan fingerprint density at radius 1 is 1.32 bits per heavy atom. The minimum Gasteiger partial charge on any atom is -0.397 e. The lowest BCUT2D eigenvalue weighted by Gasteiger charge is -2.22. The summed E-state index contributed by atoms with van der Waals surface area (Å²) in [5.41, 5.74) is 4.61. The lowest BCUT2D eigenvalue weighted by Crippen LogP contribution is -2.44. The summed E-state index contributed by atoms with van der Waals surface area (Å²) in [6.07, 6.45) is 0.886. The number of benzene rings is 1. The highest BCUT2D eigenvalue weighted by Crippen LogP contribution is 2.26.